The van der Waals surface area contributed by atoms with Crippen LogP contribution in [-0.4, -0.2) is 54.9 Å². The van der Waals surface area contributed by atoms with Crippen molar-refractivity contribution in [2.24, 2.45) is 0 Å². The molecule has 1 aromatic carbocycles. The molecule has 1 aliphatic heterocycles. The van der Waals surface area contributed by atoms with Gasteiger partial charge >= 0.3 is 5.97 Å². The number of nitrogens with one attached hydrogen (secondary N) is 1. The van der Waals surface area contributed by atoms with E-state index >= 15 is 0 Å². The molecule has 1 aliphatic rings. The normalized spacial score (nSPS) is 20.0. The van der Waals surface area contributed by atoms with Gasteiger partial charge in [-0.25, -0.2) is 0 Å². The van der Waals surface area contributed by atoms with Crippen LogP contribution in [0.15, 0.2) is 18.2 Å². The number of benzene rings is 1. The maximum Gasteiger partial charge on any atom is 0.325 e. The molecule has 0 saturated carbocycles. The van der Waals surface area contributed by atoms with Gasteiger partial charge in [-0.15, -0.1) is 0 Å². The summed E-state index contributed by atoms with van der Waals surface area (Å²) >= 11 is 0. The summed E-state index contributed by atoms with van der Waals surface area (Å²) in [7, 11) is 0. The zero-order chi connectivity index (χ0) is 16.8. The maximum atomic E-state index is 11.9. The molecule has 1 saturated heterocycles. The van der Waals surface area contributed by atoms with Crippen LogP contribution in [0, 0.1) is 0 Å². The highest BCUT2D eigenvalue weighted by Gasteiger charge is 2.31. The fraction of sp³-hybridized carbons (Fsp3) is 0.588. The van der Waals surface area contributed by atoms with Crippen LogP contribution in [0.3, 0.4) is 0 Å². The molecule has 2 N–H and O–H groups in total. The topological polar surface area (TPSA) is 71.0 Å². The Bertz CT molecular complexity index is 535. The summed E-state index contributed by atoms with van der Waals surface area (Å²) in [5.74, 6) is 0.405. The highest BCUT2D eigenvalue weighted by atomic mass is 16.5. The summed E-state index contributed by atoms with van der Waals surface area (Å²) < 4.78 is 11.2. The number of hydrogen-bond acceptors (Lipinski definition) is 5. The number of aliphatic carboxylic acids is 1. The molecule has 0 aliphatic carbocycles. The van der Waals surface area contributed by atoms with Gasteiger partial charge < -0.3 is 19.9 Å². The molecule has 6 heteroatoms. The van der Waals surface area contributed by atoms with E-state index in [1.165, 1.54) is 0 Å². The molecule has 128 valence electrons. The van der Waals surface area contributed by atoms with E-state index in [-0.39, 0.29) is 6.04 Å². The monoisotopic (exact) mass is 322 g/mol. The molecule has 2 atom stereocenters. The number of hydrogen-bond donors (Lipinski definition) is 2. The number of carboxylic acids is 1. The van der Waals surface area contributed by atoms with Crippen LogP contribution in [0.25, 0.3) is 0 Å². The van der Waals surface area contributed by atoms with Crippen LogP contribution in [-0.2, 0) is 4.79 Å². The Morgan fingerprint density at radius 3 is 2.65 bits per heavy atom. The lowest BCUT2D eigenvalue weighted by molar-refractivity contribution is -0.144. The van der Waals surface area contributed by atoms with Gasteiger partial charge in [-0.05, 0) is 38.5 Å². The molecule has 1 fully saturated rings. The largest absolute Gasteiger partial charge is 0.490 e. The molecular formula is C17H26N2O4. The standard InChI is InChI=1S/C17H26N2O4/c1-4-22-14-7-6-13(10-15(14)23-5-2)16(17(20)21)19-9-8-18-12(3)11-19/h6-7,10,12,16,18H,4-5,8-9,11H2,1-3H3,(H,20,21). The Morgan fingerprint density at radius 1 is 1.35 bits per heavy atom. The molecule has 0 spiro atoms. The van der Waals surface area contributed by atoms with Crippen molar-refractivity contribution in [2.45, 2.75) is 32.9 Å². The molecule has 1 aromatic rings. The van der Waals surface area contributed by atoms with E-state index in [4.69, 9.17) is 9.47 Å². The summed E-state index contributed by atoms with van der Waals surface area (Å²) in [4.78, 5) is 13.8. The lowest BCUT2D eigenvalue weighted by Gasteiger charge is -2.36. The van der Waals surface area contributed by atoms with Gasteiger partial charge in [-0.1, -0.05) is 6.07 Å². The number of piperazine rings is 1. The van der Waals surface area contributed by atoms with Crippen molar-refractivity contribution in [3.8, 4) is 11.5 Å². The van der Waals surface area contributed by atoms with Crippen molar-refractivity contribution in [3.63, 3.8) is 0 Å². The minimum atomic E-state index is -0.842. The van der Waals surface area contributed by atoms with Crippen LogP contribution in [0.4, 0.5) is 0 Å². The van der Waals surface area contributed by atoms with Gasteiger partial charge in [0.25, 0.3) is 0 Å². The van der Waals surface area contributed by atoms with Crippen molar-refractivity contribution in [1.82, 2.24) is 10.2 Å². The van der Waals surface area contributed by atoms with Crippen molar-refractivity contribution in [2.75, 3.05) is 32.8 Å². The molecule has 6 nitrogen and oxygen atoms in total. The Hall–Kier alpha value is -1.79. The quantitative estimate of drug-likeness (QED) is 0.799. The summed E-state index contributed by atoms with van der Waals surface area (Å²) in [6, 6.07) is 5.01. The Morgan fingerprint density at radius 2 is 2.04 bits per heavy atom. The third-order valence-corrected chi connectivity index (χ3v) is 3.88. The van der Waals surface area contributed by atoms with Crippen LogP contribution in [0.5, 0.6) is 11.5 Å². The first kappa shape index (κ1) is 17.6. The Kier molecular flexibility index (Phi) is 6.24. The molecule has 1 heterocycles. The minimum Gasteiger partial charge on any atom is -0.490 e. The Labute approximate surface area is 137 Å². The molecule has 23 heavy (non-hydrogen) atoms. The molecule has 0 radical (unpaired) electrons. The van der Waals surface area contributed by atoms with E-state index in [1.54, 1.807) is 12.1 Å². The van der Waals surface area contributed by atoms with Gasteiger partial charge in [-0.3, -0.25) is 9.69 Å². The average Bonchev–Trinajstić information content (AvgIpc) is 2.50. The van der Waals surface area contributed by atoms with Crippen LogP contribution in [0.2, 0.25) is 0 Å². The summed E-state index contributed by atoms with van der Waals surface area (Å²) in [6.07, 6.45) is 0. The fourth-order valence-corrected chi connectivity index (χ4v) is 2.94. The first-order chi connectivity index (χ1) is 11.1. The zero-order valence-electron chi connectivity index (χ0n) is 14.0. The summed E-state index contributed by atoms with van der Waals surface area (Å²) in [6.45, 7) is 9.12. The van der Waals surface area contributed by atoms with Gasteiger partial charge in [0, 0.05) is 25.7 Å². The summed E-state index contributed by atoms with van der Waals surface area (Å²) in [5.41, 5.74) is 0.721. The molecular weight excluding hydrogens is 296 g/mol. The smallest absolute Gasteiger partial charge is 0.325 e. The number of nitrogens with zero attached hydrogens (tertiary/aromatic N) is 1. The molecule has 2 rings (SSSR count). The number of rotatable bonds is 7. The van der Waals surface area contributed by atoms with Gasteiger partial charge in [0.05, 0.1) is 13.2 Å². The highest BCUT2D eigenvalue weighted by molar-refractivity contribution is 5.76. The van der Waals surface area contributed by atoms with Gasteiger partial charge in [-0.2, -0.15) is 0 Å². The first-order valence-corrected chi connectivity index (χ1v) is 8.16. The third-order valence-electron chi connectivity index (χ3n) is 3.88. The minimum absolute atomic E-state index is 0.277. The SMILES string of the molecule is CCOc1ccc(C(C(=O)O)N2CCNC(C)C2)cc1OCC. The maximum absolute atomic E-state index is 11.9. The van der Waals surface area contributed by atoms with E-state index in [9.17, 15) is 9.90 Å². The summed E-state index contributed by atoms with van der Waals surface area (Å²) in [5, 5.41) is 13.1. The highest BCUT2D eigenvalue weighted by Crippen LogP contribution is 2.33. The van der Waals surface area contributed by atoms with Gasteiger partial charge in [0.2, 0.25) is 0 Å². The van der Waals surface area contributed by atoms with Gasteiger partial charge in [0.1, 0.15) is 6.04 Å². The predicted molar refractivity (Wildman–Crippen MR) is 88.2 cm³/mol. The van der Waals surface area contributed by atoms with Crippen LogP contribution >= 0.6 is 0 Å². The van der Waals surface area contributed by atoms with E-state index in [0.717, 1.165) is 12.1 Å². The van der Waals surface area contributed by atoms with Crippen LogP contribution in [0.1, 0.15) is 32.4 Å². The van der Waals surface area contributed by atoms with E-state index < -0.39 is 12.0 Å². The average molecular weight is 322 g/mol. The fourth-order valence-electron chi connectivity index (χ4n) is 2.94. The first-order valence-electron chi connectivity index (χ1n) is 8.16. The predicted octanol–water partition coefficient (Wildman–Crippen LogP) is 1.90. The molecule has 0 amide bonds. The second-order valence-electron chi connectivity index (χ2n) is 5.66. The second-order valence-corrected chi connectivity index (χ2v) is 5.66. The lowest BCUT2D eigenvalue weighted by atomic mass is 10.0. The lowest BCUT2D eigenvalue weighted by Crippen LogP contribution is -2.51. The number of carboxylic acid groups (broad SMARTS) is 1. The number of ether oxygens (including phenoxy) is 2. The zero-order valence-corrected chi connectivity index (χ0v) is 14.0. The third kappa shape index (κ3) is 4.36. The van der Waals surface area contributed by atoms with Crippen molar-refractivity contribution in [3.05, 3.63) is 23.8 Å². The van der Waals surface area contributed by atoms with E-state index in [2.05, 4.69) is 12.2 Å². The number of carbonyl (C=O) groups is 1. The molecule has 2 unspecified atom stereocenters. The van der Waals surface area contributed by atoms with Crippen molar-refractivity contribution >= 4 is 5.97 Å². The molecule has 0 bridgehead atoms. The van der Waals surface area contributed by atoms with Crippen molar-refractivity contribution in [1.29, 1.82) is 0 Å². The van der Waals surface area contributed by atoms with Crippen molar-refractivity contribution < 1.29 is 19.4 Å². The van der Waals surface area contributed by atoms with Gasteiger partial charge in [0.15, 0.2) is 11.5 Å². The van der Waals surface area contributed by atoms with E-state index in [1.807, 2.05) is 24.8 Å². The van der Waals surface area contributed by atoms with Crippen LogP contribution < -0.4 is 14.8 Å². The van der Waals surface area contributed by atoms with E-state index in [0.29, 0.717) is 37.8 Å². The second kappa shape index (κ2) is 8.17. The molecule has 0 aromatic heterocycles. The Balaban J connectivity index is 2.31.